The summed E-state index contributed by atoms with van der Waals surface area (Å²) in [7, 11) is 0. The van der Waals surface area contributed by atoms with E-state index in [1.807, 2.05) is 48.5 Å². The van der Waals surface area contributed by atoms with Gasteiger partial charge in [-0.3, -0.25) is 19.3 Å². The molecule has 6 nitrogen and oxygen atoms in total. The lowest BCUT2D eigenvalue weighted by Gasteiger charge is -2.31. The minimum atomic E-state index is -0.667. The van der Waals surface area contributed by atoms with E-state index in [2.05, 4.69) is 10.6 Å². The largest absolute Gasteiger partial charge is 0.321 e. The lowest BCUT2D eigenvalue weighted by Crippen LogP contribution is -2.30. The van der Waals surface area contributed by atoms with Gasteiger partial charge in [0, 0.05) is 31.5 Å². The van der Waals surface area contributed by atoms with E-state index in [-0.39, 0.29) is 27.9 Å². The fourth-order valence-corrected chi connectivity index (χ4v) is 6.77. The van der Waals surface area contributed by atoms with Crippen molar-refractivity contribution in [2.24, 2.45) is 0 Å². The van der Waals surface area contributed by atoms with Crippen LogP contribution < -0.4 is 15.5 Å². The Hall–Kier alpha value is -4.83. The first-order valence-electron chi connectivity index (χ1n) is 14.1. The fraction of sp³-hybridized carbons (Fsp3) is 0.0278. The molecule has 1 aliphatic rings. The summed E-state index contributed by atoms with van der Waals surface area (Å²) in [4.78, 5) is 44.4. The number of anilines is 3. The second kappa shape index (κ2) is 14.1. The minimum absolute atomic E-state index is 0.0309. The Kier molecular flexibility index (Phi) is 9.54. The van der Waals surface area contributed by atoms with Crippen LogP contribution in [-0.2, 0) is 9.59 Å². The first-order chi connectivity index (χ1) is 22.4. The third-order valence-corrected chi connectivity index (χ3v) is 9.43. The predicted molar refractivity (Wildman–Crippen MR) is 183 cm³/mol. The monoisotopic (exact) mass is 665 g/mol. The van der Waals surface area contributed by atoms with E-state index in [1.54, 1.807) is 71.3 Å². The van der Waals surface area contributed by atoms with Gasteiger partial charge in [0.15, 0.2) is 0 Å². The van der Waals surface area contributed by atoms with Crippen molar-refractivity contribution in [1.29, 1.82) is 0 Å². The zero-order valence-electron chi connectivity index (χ0n) is 24.1. The average molecular weight is 666 g/mol. The topological polar surface area (TPSA) is 78.5 Å². The minimum Gasteiger partial charge on any atom is -0.321 e. The molecule has 0 spiro atoms. The Morgan fingerprint density at radius 3 is 2.07 bits per heavy atom. The summed E-state index contributed by atoms with van der Waals surface area (Å²) in [6.45, 7) is 0. The molecule has 1 aliphatic heterocycles. The van der Waals surface area contributed by atoms with Crippen molar-refractivity contribution < 1.29 is 18.8 Å². The van der Waals surface area contributed by atoms with Crippen molar-refractivity contribution in [1.82, 2.24) is 5.32 Å². The third kappa shape index (κ3) is 7.02. The Morgan fingerprint density at radius 2 is 1.41 bits per heavy atom. The molecule has 0 saturated carbocycles. The highest BCUT2D eigenvalue weighted by atomic mass is 35.5. The van der Waals surface area contributed by atoms with Crippen LogP contribution in [0, 0.1) is 5.82 Å². The Labute approximate surface area is 278 Å². The number of para-hydroxylation sites is 2. The number of hydrogen-bond donors (Lipinski definition) is 2. The third-order valence-electron chi connectivity index (χ3n) is 6.97. The molecule has 46 heavy (non-hydrogen) atoms. The van der Waals surface area contributed by atoms with E-state index >= 15 is 0 Å². The van der Waals surface area contributed by atoms with Crippen LogP contribution in [0.25, 0.3) is 6.08 Å². The van der Waals surface area contributed by atoms with E-state index in [1.165, 1.54) is 36.0 Å². The molecule has 0 atom stereocenters. The van der Waals surface area contributed by atoms with E-state index in [0.29, 0.717) is 11.3 Å². The van der Waals surface area contributed by atoms with Gasteiger partial charge in [-0.2, -0.15) is 0 Å². The van der Waals surface area contributed by atoms with Gasteiger partial charge in [-0.1, -0.05) is 71.9 Å². The zero-order chi connectivity index (χ0) is 32.0. The molecule has 0 saturated heterocycles. The van der Waals surface area contributed by atoms with Gasteiger partial charge in [-0.05, 0) is 78.9 Å². The summed E-state index contributed by atoms with van der Waals surface area (Å²) >= 11 is 9.23. The van der Waals surface area contributed by atoms with E-state index < -0.39 is 17.6 Å². The summed E-state index contributed by atoms with van der Waals surface area (Å²) in [5.74, 6) is -1.71. The Morgan fingerprint density at radius 1 is 0.783 bits per heavy atom. The molecule has 0 radical (unpaired) electrons. The van der Waals surface area contributed by atoms with Crippen LogP contribution in [0.15, 0.2) is 142 Å². The molecule has 0 bridgehead atoms. The van der Waals surface area contributed by atoms with Gasteiger partial charge in [-0.25, -0.2) is 4.39 Å². The normalized spacial score (nSPS) is 12.1. The van der Waals surface area contributed by atoms with Gasteiger partial charge < -0.3 is 10.6 Å². The fourth-order valence-electron chi connectivity index (χ4n) is 4.75. The molecule has 0 aliphatic carbocycles. The Balaban J connectivity index is 1.16. The van der Waals surface area contributed by atoms with Gasteiger partial charge in [0.05, 0.1) is 22.2 Å². The highest BCUT2D eigenvalue weighted by molar-refractivity contribution is 8.00. The lowest BCUT2D eigenvalue weighted by molar-refractivity contribution is -0.115. The molecule has 5 aromatic rings. The van der Waals surface area contributed by atoms with Crippen molar-refractivity contribution >= 4 is 76.0 Å². The highest BCUT2D eigenvalue weighted by Gasteiger charge is 2.27. The maximum Gasteiger partial charge on any atom is 0.272 e. The lowest BCUT2D eigenvalue weighted by atomic mass is 10.1. The number of benzene rings is 5. The maximum atomic E-state index is 14.6. The number of carbonyl (C=O) groups is 3. The number of nitrogens with one attached hydrogen (secondary N) is 2. The quantitative estimate of drug-likeness (QED) is 0.128. The van der Waals surface area contributed by atoms with Gasteiger partial charge >= 0.3 is 0 Å². The predicted octanol–water partition coefficient (Wildman–Crippen LogP) is 8.81. The first-order valence-corrected chi connectivity index (χ1v) is 16.3. The van der Waals surface area contributed by atoms with Gasteiger partial charge in [0.2, 0.25) is 5.91 Å². The van der Waals surface area contributed by atoms with Crippen molar-refractivity contribution in [3.63, 3.8) is 0 Å². The molecule has 0 aromatic heterocycles. The van der Waals surface area contributed by atoms with Crippen LogP contribution in [0.1, 0.15) is 15.9 Å². The molecule has 10 heteroatoms. The molecule has 6 rings (SSSR count). The standard InChI is InChI=1S/C36H25ClFN3O3S2/c37-27-11-8-12-28(38)26(27)21-29(40-35(43)23-9-2-1-3-10-23)36(44)39-24-17-19-25(20-18-24)45-22-34(42)41-30-13-4-6-15-32(30)46-33-16-7-5-14-31(33)41/h1-21H,22H2,(H,39,44)(H,40,43)/b29-21-. The average Bonchev–Trinajstić information content (AvgIpc) is 3.08. The molecule has 2 N–H and O–H groups in total. The smallest absolute Gasteiger partial charge is 0.272 e. The first kappa shape index (κ1) is 31.2. The summed E-state index contributed by atoms with van der Waals surface area (Å²) in [5, 5.41) is 5.42. The summed E-state index contributed by atoms with van der Waals surface area (Å²) in [6.07, 6.45) is 1.21. The van der Waals surface area contributed by atoms with E-state index in [9.17, 15) is 18.8 Å². The SMILES string of the molecule is O=C(Nc1ccc(SCC(=O)N2c3ccccc3Sc3ccccc32)cc1)/C(=C/c1c(F)cccc1Cl)NC(=O)c1ccccc1. The van der Waals surface area contributed by atoms with Crippen molar-refractivity contribution in [2.45, 2.75) is 14.7 Å². The number of fused-ring (bicyclic) bond motifs is 2. The van der Waals surface area contributed by atoms with Gasteiger partial charge in [0.1, 0.15) is 11.5 Å². The van der Waals surface area contributed by atoms with E-state index in [0.717, 1.165) is 26.1 Å². The second-order valence-electron chi connectivity index (χ2n) is 10.0. The molecule has 3 amide bonds. The Bertz CT molecular complexity index is 1900. The van der Waals surface area contributed by atoms with Crippen LogP contribution in [0.5, 0.6) is 0 Å². The molecule has 228 valence electrons. The molecule has 0 fully saturated rings. The van der Waals surface area contributed by atoms with Crippen LogP contribution in [0.2, 0.25) is 5.02 Å². The molecule has 5 aromatic carbocycles. The van der Waals surface area contributed by atoms with Gasteiger partial charge in [0.25, 0.3) is 11.8 Å². The molecule has 0 unspecified atom stereocenters. The van der Waals surface area contributed by atoms with Crippen LogP contribution >= 0.6 is 35.1 Å². The van der Waals surface area contributed by atoms with Crippen molar-refractivity contribution in [2.75, 3.05) is 16.0 Å². The van der Waals surface area contributed by atoms with E-state index in [4.69, 9.17) is 11.6 Å². The van der Waals surface area contributed by atoms with Crippen LogP contribution in [-0.4, -0.2) is 23.5 Å². The maximum absolute atomic E-state index is 14.6. The number of halogens is 2. The van der Waals surface area contributed by atoms with Crippen molar-refractivity contribution in [3.05, 3.63) is 149 Å². The van der Waals surface area contributed by atoms with Crippen LogP contribution in [0.3, 0.4) is 0 Å². The summed E-state index contributed by atoms with van der Waals surface area (Å²) in [5.41, 5.74) is 2.26. The number of rotatable bonds is 8. The van der Waals surface area contributed by atoms with Crippen LogP contribution in [0.4, 0.5) is 21.5 Å². The van der Waals surface area contributed by atoms with Crippen molar-refractivity contribution in [3.8, 4) is 0 Å². The molecule has 1 heterocycles. The highest BCUT2D eigenvalue weighted by Crippen LogP contribution is 2.48. The number of amides is 3. The number of thioether (sulfide) groups is 1. The molecular weight excluding hydrogens is 641 g/mol. The molecular formula is C36H25ClFN3O3S2. The summed E-state index contributed by atoms with van der Waals surface area (Å²) < 4.78 is 14.6. The number of carbonyl (C=O) groups excluding carboxylic acids is 3. The van der Waals surface area contributed by atoms with Gasteiger partial charge in [-0.15, -0.1) is 11.8 Å². The summed E-state index contributed by atoms with van der Waals surface area (Å²) in [6, 6.07) is 35.2. The number of hydrogen-bond acceptors (Lipinski definition) is 5. The second-order valence-corrected chi connectivity index (χ2v) is 12.6. The zero-order valence-corrected chi connectivity index (χ0v) is 26.5. The number of nitrogens with zero attached hydrogens (tertiary/aromatic N) is 1.